The summed E-state index contributed by atoms with van der Waals surface area (Å²) >= 11 is 0. The second-order valence-corrected chi connectivity index (χ2v) is 12.3. The molecule has 1 saturated heterocycles. The van der Waals surface area contributed by atoms with Crippen molar-refractivity contribution in [3.05, 3.63) is 77.5 Å². The molecular weight excluding hydrogens is 562 g/mol. The lowest BCUT2D eigenvalue weighted by Gasteiger charge is -2.26. The second kappa shape index (κ2) is 13.8. The Hall–Kier alpha value is -4.28. The molecule has 0 atom stereocenters. The van der Waals surface area contributed by atoms with Crippen molar-refractivity contribution in [2.24, 2.45) is 7.05 Å². The predicted molar refractivity (Wildman–Crippen MR) is 180 cm³/mol. The van der Waals surface area contributed by atoms with Crippen molar-refractivity contribution >= 4 is 17.2 Å². The minimum atomic E-state index is 0.369. The fourth-order valence-corrected chi connectivity index (χ4v) is 5.86. The van der Waals surface area contributed by atoms with Crippen molar-refractivity contribution in [3.8, 4) is 22.5 Å². The number of aryl methyl sites for hydroxylation is 3. The summed E-state index contributed by atoms with van der Waals surface area (Å²) in [7, 11) is 2.03. The molecule has 0 amide bonds. The summed E-state index contributed by atoms with van der Waals surface area (Å²) < 4.78 is 9.43. The monoisotopic (exact) mass is 607 g/mol. The lowest BCUT2D eigenvalue weighted by molar-refractivity contribution is 0.0360. The molecule has 0 radical (unpaired) electrons. The lowest BCUT2D eigenvalue weighted by Crippen LogP contribution is -2.38. The van der Waals surface area contributed by atoms with E-state index in [1.165, 1.54) is 16.7 Å². The first-order valence-electron chi connectivity index (χ1n) is 16.1. The van der Waals surface area contributed by atoms with E-state index in [2.05, 4.69) is 89.9 Å². The summed E-state index contributed by atoms with van der Waals surface area (Å²) in [5.41, 5.74) is 11.0. The lowest BCUT2D eigenvalue weighted by atomic mass is 9.91. The van der Waals surface area contributed by atoms with Gasteiger partial charge in [0, 0.05) is 62.4 Å². The average molecular weight is 608 g/mol. The Bertz CT molecular complexity index is 1670. The number of hydrogen-bond donors (Lipinski definition) is 2. The molecule has 1 aliphatic carbocycles. The fourth-order valence-electron chi connectivity index (χ4n) is 5.86. The van der Waals surface area contributed by atoms with Crippen LogP contribution in [0.4, 0.5) is 11.6 Å². The molecular formula is C35H45N9O. The first-order valence-corrected chi connectivity index (χ1v) is 16.1. The molecule has 0 spiro atoms. The summed E-state index contributed by atoms with van der Waals surface area (Å²) in [4.78, 5) is 12.1. The Kier molecular flexibility index (Phi) is 9.42. The Morgan fingerprint density at radius 1 is 1.07 bits per heavy atom. The number of nitrogens with zero attached hydrogens (tertiary/aromatic N) is 7. The normalized spacial score (nSPS) is 15.7. The molecule has 45 heavy (non-hydrogen) atoms. The van der Waals surface area contributed by atoms with Crippen LogP contribution < -0.4 is 10.6 Å². The molecule has 0 saturated carbocycles. The van der Waals surface area contributed by atoms with Crippen LogP contribution in [0.15, 0.2) is 60.7 Å². The number of hydrogen-bond acceptors (Lipinski definition) is 8. The van der Waals surface area contributed by atoms with E-state index in [1.807, 2.05) is 35.0 Å². The molecule has 236 valence electrons. The zero-order valence-electron chi connectivity index (χ0n) is 27.2. The Labute approximate surface area is 266 Å². The molecule has 1 fully saturated rings. The van der Waals surface area contributed by atoms with Crippen LogP contribution in [0.1, 0.15) is 50.9 Å². The highest BCUT2D eigenvalue weighted by Gasteiger charge is 2.27. The van der Waals surface area contributed by atoms with Gasteiger partial charge in [0.2, 0.25) is 5.95 Å². The maximum absolute atomic E-state index is 5.46. The fraction of sp³-hybridized carbons (Fsp3) is 0.429. The van der Waals surface area contributed by atoms with Gasteiger partial charge in [0.1, 0.15) is 0 Å². The van der Waals surface area contributed by atoms with Crippen LogP contribution in [0.3, 0.4) is 0 Å². The number of nitrogens with one attached hydrogen (secondary N) is 2. The quantitative estimate of drug-likeness (QED) is 0.213. The van der Waals surface area contributed by atoms with Gasteiger partial charge < -0.3 is 15.4 Å². The third-order valence-corrected chi connectivity index (χ3v) is 8.51. The maximum atomic E-state index is 5.46. The van der Waals surface area contributed by atoms with Gasteiger partial charge in [0.15, 0.2) is 0 Å². The van der Waals surface area contributed by atoms with Crippen LogP contribution in [0, 0.1) is 0 Å². The van der Waals surface area contributed by atoms with E-state index < -0.39 is 0 Å². The van der Waals surface area contributed by atoms with E-state index in [0.29, 0.717) is 12.0 Å². The molecule has 1 aliphatic heterocycles. The molecule has 2 aliphatic rings. The molecule has 0 unspecified atom stereocenters. The molecule has 6 rings (SSSR count). The van der Waals surface area contributed by atoms with Crippen LogP contribution in [-0.4, -0.2) is 73.3 Å². The summed E-state index contributed by atoms with van der Waals surface area (Å²) in [6.07, 6.45) is 13.0. The van der Waals surface area contributed by atoms with Gasteiger partial charge in [-0.3, -0.25) is 14.3 Å². The van der Waals surface area contributed by atoms with Crippen LogP contribution in [0.25, 0.3) is 28.1 Å². The van der Waals surface area contributed by atoms with Gasteiger partial charge in [0.25, 0.3) is 0 Å². The highest BCUT2D eigenvalue weighted by atomic mass is 16.5. The molecule has 10 nitrogen and oxygen atoms in total. The van der Waals surface area contributed by atoms with Crippen LogP contribution in [0.5, 0.6) is 0 Å². The summed E-state index contributed by atoms with van der Waals surface area (Å²) in [6.45, 7) is 14.0. The largest absolute Gasteiger partial charge is 0.388 e. The van der Waals surface area contributed by atoms with Crippen molar-refractivity contribution in [1.29, 1.82) is 0 Å². The highest BCUT2D eigenvalue weighted by Crippen LogP contribution is 2.40. The number of benzene rings is 1. The summed E-state index contributed by atoms with van der Waals surface area (Å²) in [5, 5.41) is 16.3. The topological polar surface area (TPSA) is 98.0 Å². The summed E-state index contributed by atoms with van der Waals surface area (Å²) in [6, 6.07) is 9.18. The van der Waals surface area contributed by atoms with Gasteiger partial charge in [0.05, 0.1) is 48.7 Å². The smallest absolute Gasteiger partial charge is 0.227 e. The third kappa shape index (κ3) is 7.18. The number of anilines is 2. The van der Waals surface area contributed by atoms with Crippen LogP contribution in [0.2, 0.25) is 0 Å². The van der Waals surface area contributed by atoms with E-state index in [-0.39, 0.29) is 0 Å². The van der Waals surface area contributed by atoms with Gasteiger partial charge in [-0.1, -0.05) is 42.8 Å². The van der Waals surface area contributed by atoms with Gasteiger partial charge in [-0.15, -0.1) is 0 Å². The number of allylic oxidation sites excluding steroid dienone is 3. The third-order valence-electron chi connectivity index (χ3n) is 8.51. The van der Waals surface area contributed by atoms with Gasteiger partial charge >= 0.3 is 0 Å². The van der Waals surface area contributed by atoms with Gasteiger partial charge in [-0.2, -0.15) is 10.2 Å². The molecule has 0 bridgehead atoms. The Balaban J connectivity index is 1.24. The van der Waals surface area contributed by atoms with Crippen molar-refractivity contribution in [2.75, 3.05) is 38.2 Å². The molecule has 10 heteroatoms. The van der Waals surface area contributed by atoms with Crippen molar-refractivity contribution in [3.63, 3.8) is 0 Å². The maximum Gasteiger partial charge on any atom is 0.227 e. The highest BCUT2D eigenvalue weighted by molar-refractivity contribution is 5.85. The van der Waals surface area contributed by atoms with Crippen molar-refractivity contribution in [2.45, 2.75) is 59.5 Å². The standard InChI is InChI=1S/C35H45N9O/c1-6-25(4)19-29(21-36-24(2)3)26-7-9-27(10-8-26)34-32-31(41-42(34)5)12-11-28-20-37-35(40-33(28)32)39-30-22-38-44(23-30)14-13-43-15-17-45-18-16-43/h7-10,19-24,36H,6,11-18H2,1-5H3,(H,37,39,40)/b25-19+,29-21+. The number of aromatic nitrogens is 6. The number of morpholine rings is 1. The number of fused-ring (bicyclic) bond motifs is 3. The minimum absolute atomic E-state index is 0.369. The summed E-state index contributed by atoms with van der Waals surface area (Å²) in [5.74, 6) is 0.560. The van der Waals surface area contributed by atoms with E-state index >= 15 is 0 Å². The Morgan fingerprint density at radius 3 is 2.62 bits per heavy atom. The Morgan fingerprint density at radius 2 is 1.87 bits per heavy atom. The molecule has 4 aromatic rings. The van der Waals surface area contributed by atoms with E-state index in [4.69, 9.17) is 14.8 Å². The van der Waals surface area contributed by atoms with E-state index in [9.17, 15) is 0 Å². The van der Waals surface area contributed by atoms with Gasteiger partial charge in [-0.05, 0) is 56.7 Å². The molecule has 1 aromatic carbocycles. The first-order chi connectivity index (χ1) is 21.9. The molecule has 2 N–H and O–H groups in total. The molecule has 3 aromatic heterocycles. The van der Waals surface area contributed by atoms with Crippen LogP contribution in [-0.2, 0) is 31.2 Å². The van der Waals surface area contributed by atoms with Crippen molar-refractivity contribution < 1.29 is 4.74 Å². The SMILES string of the molecule is CC/C(C)=C/C(=C\NC(C)C)c1ccc(-c2c3c(nn2C)CCc2cnc(Nc4cnn(CCN5CCOCC5)c4)nc2-3)cc1. The van der Waals surface area contributed by atoms with Crippen LogP contribution >= 0.6 is 0 Å². The number of rotatable bonds is 11. The average Bonchev–Trinajstić information content (AvgIpc) is 3.65. The zero-order chi connectivity index (χ0) is 31.3. The second-order valence-electron chi connectivity index (χ2n) is 12.3. The van der Waals surface area contributed by atoms with E-state index in [1.54, 1.807) is 0 Å². The van der Waals surface area contributed by atoms with Crippen molar-refractivity contribution in [1.82, 2.24) is 39.7 Å². The molecule has 4 heterocycles. The predicted octanol–water partition coefficient (Wildman–Crippen LogP) is 5.61. The first kappa shape index (κ1) is 30.7. The van der Waals surface area contributed by atoms with Gasteiger partial charge in [-0.25, -0.2) is 9.97 Å². The minimum Gasteiger partial charge on any atom is -0.388 e. The number of ether oxygens (including phenoxy) is 1. The van der Waals surface area contributed by atoms with E-state index in [0.717, 1.165) is 98.1 Å². The zero-order valence-corrected chi connectivity index (χ0v) is 27.2.